The molecule has 19 heavy (non-hydrogen) atoms. The van der Waals surface area contributed by atoms with Crippen molar-refractivity contribution in [2.75, 3.05) is 26.7 Å². The predicted octanol–water partition coefficient (Wildman–Crippen LogP) is 0.569. The number of rotatable bonds is 4. The average molecular weight is 265 g/mol. The van der Waals surface area contributed by atoms with E-state index in [1.807, 2.05) is 16.8 Å². The summed E-state index contributed by atoms with van der Waals surface area (Å²) in [6, 6.07) is 3.90. The van der Waals surface area contributed by atoms with Crippen LogP contribution in [0.25, 0.3) is 0 Å². The number of hydrogen-bond donors (Lipinski definition) is 2. The van der Waals surface area contributed by atoms with Gasteiger partial charge in [-0.25, -0.2) is 0 Å². The van der Waals surface area contributed by atoms with Crippen molar-refractivity contribution < 1.29 is 14.7 Å². The number of likely N-dealkylation sites (N-methyl/N-ethyl adjacent to an activating group) is 1. The molecule has 0 radical (unpaired) electrons. The summed E-state index contributed by atoms with van der Waals surface area (Å²) in [5.74, 6) is -1.25. The number of nitrogens with one attached hydrogen (secondary N) is 1. The molecule has 1 aromatic heterocycles. The van der Waals surface area contributed by atoms with Gasteiger partial charge in [-0.3, -0.25) is 9.59 Å². The fourth-order valence-corrected chi connectivity index (χ4v) is 2.45. The second-order valence-electron chi connectivity index (χ2n) is 4.84. The molecule has 0 unspecified atom stereocenters. The van der Waals surface area contributed by atoms with Crippen LogP contribution in [0.4, 0.5) is 0 Å². The number of hydrogen-bond acceptors (Lipinski definition) is 3. The van der Waals surface area contributed by atoms with Gasteiger partial charge in [-0.05, 0) is 38.1 Å². The van der Waals surface area contributed by atoms with Crippen molar-refractivity contribution >= 4 is 11.9 Å². The van der Waals surface area contributed by atoms with Gasteiger partial charge in [0, 0.05) is 19.3 Å². The SMILES string of the molecule is CN(CC(=O)O)C(=O)c1cccn1C1CCNCC1. The van der Waals surface area contributed by atoms with Crippen molar-refractivity contribution in [3.05, 3.63) is 24.0 Å². The summed E-state index contributed by atoms with van der Waals surface area (Å²) >= 11 is 0. The number of aromatic nitrogens is 1. The number of piperidine rings is 1. The van der Waals surface area contributed by atoms with Crippen LogP contribution in [0, 0.1) is 0 Å². The monoisotopic (exact) mass is 265 g/mol. The lowest BCUT2D eigenvalue weighted by molar-refractivity contribution is -0.137. The molecule has 6 heteroatoms. The summed E-state index contributed by atoms with van der Waals surface area (Å²) in [5.41, 5.74) is 0.565. The molecule has 2 N–H and O–H groups in total. The number of aliphatic carboxylic acids is 1. The Morgan fingerprint density at radius 1 is 1.47 bits per heavy atom. The van der Waals surface area contributed by atoms with Crippen molar-refractivity contribution in [3.8, 4) is 0 Å². The van der Waals surface area contributed by atoms with Gasteiger partial charge in [0.1, 0.15) is 12.2 Å². The minimum Gasteiger partial charge on any atom is -0.480 e. The molecule has 104 valence electrons. The van der Waals surface area contributed by atoms with Crippen LogP contribution in [0.15, 0.2) is 18.3 Å². The van der Waals surface area contributed by atoms with Crippen molar-refractivity contribution in [1.82, 2.24) is 14.8 Å². The highest BCUT2D eigenvalue weighted by Gasteiger charge is 2.22. The number of amides is 1. The molecule has 1 saturated heterocycles. The Labute approximate surface area is 112 Å². The lowest BCUT2D eigenvalue weighted by atomic mass is 10.1. The van der Waals surface area contributed by atoms with Crippen molar-refractivity contribution in [2.45, 2.75) is 18.9 Å². The summed E-state index contributed by atoms with van der Waals surface area (Å²) < 4.78 is 1.97. The number of nitrogens with zero attached hydrogens (tertiary/aromatic N) is 2. The molecule has 1 aliphatic rings. The number of carboxylic acids is 1. The van der Waals surface area contributed by atoms with E-state index in [4.69, 9.17) is 5.11 Å². The van der Waals surface area contributed by atoms with Crippen LogP contribution in [-0.4, -0.2) is 53.1 Å². The van der Waals surface area contributed by atoms with Gasteiger partial charge >= 0.3 is 5.97 Å². The molecule has 1 amide bonds. The third-order valence-corrected chi connectivity index (χ3v) is 3.42. The van der Waals surface area contributed by atoms with Crippen LogP contribution < -0.4 is 5.32 Å². The maximum absolute atomic E-state index is 12.2. The average Bonchev–Trinajstić information content (AvgIpc) is 2.87. The topological polar surface area (TPSA) is 74.6 Å². The Morgan fingerprint density at radius 3 is 2.79 bits per heavy atom. The fraction of sp³-hybridized carbons (Fsp3) is 0.538. The maximum Gasteiger partial charge on any atom is 0.323 e. The van der Waals surface area contributed by atoms with Gasteiger partial charge in [0.2, 0.25) is 0 Å². The standard InChI is InChI=1S/C13H19N3O3/c1-15(9-12(17)18)13(19)11-3-2-8-16(11)10-4-6-14-7-5-10/h2-3,8,10,14H,4-7,9H2,1H3,(H,17,18). The molecule has 1 fully saturated rings. The van der Waals surface area contributed by atoms with E-state index >= 15 is 0 Å². The van der Waals surface area contributed by atoms with Crippen LogP contribution >= 0.6 is 0 Å². The van der Waals surface area contributed by atoms with E-state index in [0.29, 0.717) is 11.7 Å². The molecule has 0 atom stereocenters. The molecular formula is C13H19N3O3. The predicted molar refractivity (Wildman–Crippen MR) is 70.2 cm³/mol. The van der Waals surface area contributed by atoms with E-state index in [9.17, 15) is 9.59 Å². The molecule has 0 spiro atoms. The van der Waals surface area contributed by atoms with Crippen molar-refractivity contribution in [3.63, 3.8) is 0 Å². The number of carbonyl (C=O) groups is 2. The Kier molecular flexibility index (Phi) is 4.21. The summed E-state index contributed by atoms with van der Waals surface area (Å²) in [6.07, 6.45) is 3.87. The Morgan fingerprint density at radius 2 is 2.16 bits per heavy atom. The molecule has 0 aliphatic carbocycles. The van der Waals surface area contributed by atoms with Crippen LogP contribution in [0.1, 0.15) is 29.4 Å². The van der Waals surface area contributed by atoms with Gasteiger partial charge in [0.05, 0.1) is 0 Å². The van der Waals surface area contributed by atoms with Crippen LogP contribution in [0.2, 0.25) is 0 Å². The Bertz CT molecular complexity index is 463. The molecule has 1 aliphatic heterocycles. The van der Waals surface area contributed by atoms with Crippen LogP contribution in [0.5, 0.6) is 0 Å². The first-order chi connectivity index (χ1) is 9.09. The van der Waals surface area contributed by atoms with E-state index in [-0.39, 0.29) is 12.5 Å². The molecule has 0 saturated carbocycles. The highest BCUT2D eigenvalue weighted by Crippen LogP contribution is 2.21. The molecule has 0 aromatic carbocycles. The Balaban J connectivity index is 2.14. The second-order valence-corrected chi connectivity index (χ2v) is 4.84. The van der Waals surface area contributed by atoms with E-state index < -0.39 is 5.97 Å². The lowest BCUT2D eigenvalue weighted by Gasteiger charge is -2.26. The highest BCUT2D eigenvalue weighted by molar-refractivity contribution is 5.94. The second kappa shape index (κ2) is 5.88. The lowest BCUT2D eigenvalue weighted by Crippen LogP contribution is -2.35. The van der Waals surface area contributed by atoms with Gasteiger partial charge in [-0.15, -0.1) is 0 Å². The van der Waals surface area contributed by atoms with E-state index in [1.165, 1.54) is 11.9 Å². The molecule has 0 bridgehead atoms. The summed E-state index contributed by atoms with van der Waals surface area (Å²) in [6.45, 7) is 1.61. The zero-order valence-electron chi connectivity index (χ0n) is 11.0. The van der Waals surface area contributed by atoms with E-state index in [0.717, 1.165) is 25.9 Å². The highest BCUT2D eigenvalue weighted by atomic mass is 16.4. The summed E-state index contributed by atoms with van der Waals surface area (Å²) in [4.78, 5) is 24.1. The van der Waals surface area contributed by atoms with Crippen LogP contribution in [0.3, 0.4) is 0 Å². The number of carboxylic acid groups (broad SMARTS) is 1. The maximum atomic E-state index is 12.2. The fourth-order valence-electron chi connectivity index (χ4n) is 2.45. The van der Waals surface area contributed by atoms with Crippen molar-refractivity contribution in [1.29, 1.82) is 0 Å². The third-order valence-electron chi connectivity index (χ3n) is 3.42. The smallest absolute Gasteiger partial charge is 0.323 e. The first kappa shape index (κ1) is 13.6. The normalized spacial score (nSPS) is 16.3. The Hall–Kier alpha value is -1.82. The molecule has 1 aromatic rings. The molecule has 2 rings (SSSR count). The minimum absolute atomic E-state index is 0.245. The van der Waals surface area contributed by atoms with Gasteiger partial charge in [-0.1, -0.05) is 0 Å². The third kappa shape index (κ3) is 3.14. The molecule has 2 heterocycles. The largest absolute Gasteiger partial charge is 0.480 e. The number of carbonyl (C=O) groups excluding carboxylic acids is 1. The zero-order chi connectivity index (χ0) is 13.8. The van der Waals surface area contributed by atoms with Gasteiger partial charge < -0.3 is 19.9 Å². The zero-order valence-corrected chi connectivity index (χ0v) is 11.0. The van der Waals surface area contributed by atoms with E-state index in [2.05, 4.69) is 5.32 Å². The first-order valence-corrected chi connectivity index (χ1v) is 6.44. The molecule has 6 nitrogen and oxygen atoms in total. The molecular weight excluding hydrogens is 246 g/mol. The van der Waals surface area contributed by atoms with E-state index in [1.54, 1.807) is 6.07 Å². The summed E-state index contributed by atoms with van der Waals surface area (Å²) in [5, 5.41) is 12.0. The van der Waals surface area contributed by atoms with Gasteiger partial charge in [0.15, 0.2) is 0 Å². The summed E-state index contributed by atoms with van der Waals surface area (Å²) in [7, 11) is 1.51. The first-order valence-electron chi connectivity index (χ1n) is 6.44. The van der Waals surface area contributed by atoms with Gasteiger partial charge in [-0.2, -0.15) is 0 Å². The van der Waals surface area contributed by atoms with Crippen LogP contribution in [-0.2, 0) is 4.79 Å². The quantitative estimate of drug-likeness (QED) is 0.834. The minimum atomic E-state index is -1.00. The van der Waals surface area contributed by atoms with Crippen molar-refractivity contribution in [2.24, 2.45) is 0 Å². The van der Waals surface area contributed by atoms with Gasteiger partial charge in [0.25, 0.3) is 5.91 Å².